The van der Waals surface area contributed by atoms with Crippen LogP contribution in [0.3, 0.4) is 0 Å². The second-order valence-electron chi connectivity index (χ2n) is 5.27. The van der Waals surface area contributed by atoms with Crippen LogP contribution in [0.1, 0.15) is 31.7 Å². The maximum atomic E-state index is 5.26. The molecule has 1 aliphatic carbocycles. The van der Waals surface area contributed by atoms with Gasteiger partial charge in [0.15, 0.2) is 0 Å². The number of aromatic nitrogens is 2. The summed E-state index contributed by atoms with van der Waals surface area (Å²) in [5.74, 6) is 1.42. The van der Waals surface area contributed by atoms with Crippen LogP contribution in [-0.2, 0) is 0 Å². The van der Waals surface area contributed by atoms with E-state index in [1.165, 1.54) is 30.5 Å². The first-order valence-corrected chi connectivity index (χ1v) is 6.91. The molecule has 0 saturated heterocycles. The Morgan fingerprint density at radius 1 is 1.42 bits per heavy atom. The van der Waals surface area contributed by atoms with E-state index in [0.29, 0.717) is 11.9 Å². The van der Waals surface area contributed by atoms with E-state index in [1.54, 1.807) is 0 Å². The number of aryl methyl sites for hydroxylation is 1. The van der Waals surface area contributed by atoms with E-state index in [2.05, 4.69) is 41.5 Å². The molecule has 1 saturated carbocycles. The fourth-order valence-corrected chi connectivity index (χ4v) is 2.46. The summed E-state index contributed by atoms with van der Waals surface area (Å²) < 4.78 is 5.26. The van der Waals surface area contributed by atoms with Crippen LogP contribution in [-0.4, -0.2) is 16.2 Å². The molecule has 4 heteroatoms. The third-order valence-corrected chi connectivity index (χ3v) is 3.82. The van der Waals surface area contributed by atoms with Crippen molar-refractivity contribution in [1.82, 2.24) is 10.2 Å². The fourth-order valence-electron chi connectivity index (χ4n) is 2.46. The molecule has 19 heavy (non-hydrogen) atoms. The number of nitrogens with one attached hydrogen (secondary N) is 1. The van der Waals surface area contributed by atoms with Gasteiger partial charge in [0.1, 0.15) is 0 Å². The van der Waals surface area contributed by atoms with Crippen molar-refractivity contribution in [2.45, 2.75) is 39.2 Å². The van der Waals surface area contributed by atoms with Crippen LogP contribution in [0.15, 0.2) is 29.0 Å². The number of anilines is 1. The van der Waals surface area contributed by atoms with Crippen molar-refractivity contribution < 1.29 is 4.42 Å². The van der Waals surface area contributed by atoms with E-state index < -0.39 is 0 Å². The van der Waals surface area contributed by atoms with Gasteiger partial charge < -0.3 is 9.73 Å². The molecule has 1 atom stereocenters. The Morgan fingerprint density at radius 2 is 2.26 bits per heavy atom. The molecule has 0 spiro atoms. The summed E-state index contributed by atoms with van der Waals surface area (Å²) in [7, 11) is 0. The highest BCUT2D eigenvalue weighted by atomic mass is 16.4. The Kier molecular flexibility index (Phi) is 3.23. The minimum absolute atomic E-state index is 0.572. The summed E-state index contributed by atoms with van der Waals surface area (Å²) in [5.41, 5.74) is 3.40. The molecule has 0 amide bonds. The summed E-state index contributed by atoms with van der Waals surface area (Å²) >= 11 is 0. The molecule has 2 aromatic rings. The van der Waals surface area contributed by atoms with Gasteiger partial charge in [0.2, 0.25) is 12.3 Å². The number of nitrogens with zero attached hydrogens (tertiary/aromatic N) is 2. The second kappa shape index (κ2) is 5.03. The van der Waals surface area contributed by atoms with Gasteiger partial charge in [0, 0.05) is 17.3 Å². The number of hydrogen-bond donors (Lipinski definition) is 1. The van der Waals surface area contributed by atoms with Crippen LogP contribution in [0.4, 0.5) is 5.69 Å². The standard InChI is InChI=1S/C15H19N3O/c1-3-13(11-6-7-11)17-14-8-12(5-4-10(14)2)15-18-16-9-19-15/h4-5,8-9,11,13,17H,3,6-7H2,1-2H3. The van der Waals surface area contributed by atoms with E-state index in [9.17, 15) is 0 Å². The van der Waals surface area contributed by atoms with Gasteiger partial charge in [-0.15, -0.1) is 10.2 Å². The zero-order valence-electron chi connectivity index (χ0n) is 11.4. The second-order valence-corrected chi connectivity index (χ2v) is 5.27. The Morgan fingerprint density at radius 3 is 2.89 bits per heavy atom. The van der Waals surface area contributed by atoms with Gasteiger partial charge in [-0.2, -0.15) is 0 Å². The fraction of sp³-hybridized carbons (Fsp3) is 0.467. The Labute approximate surface area is 113 Å². The highest BCUT2D eigenvalue weighted by molar-refractivity contribution is 5.64. The molecule has 4 nitrogen and oxygen atoms in total. The Hall–Kier alpha value is -1.84. The zero-order chi connectivity index (χ0) is 13.2. The first kappa shape index (κ1) is 12.2. The van der Waals surface area contributed by atoms with E-state index in [0.717, 1.165) is 17.9 Å². The Bertz CT molecular complexity index is 547. The molecule has 1 unspecified atom stereocenters. The number of benzene rings is 1. The van der Waals surface area contributed by atoms with Crippen molar-refractivity contribution in [2.24, 2.45) is 5.92 Å². The van der Waals surface area contributed by atoms with Crippen molar-refractivity contribution in [3.8, 4) is 11.5 Å². The van der Waals surface area contributed by atoms with Gasteiger partial charge >= 0.3 is 0 Å². The molecule has 1 aromatic heterocycles. The molecule has 1 N–H and O–H groups in total. The lowest BCUT2D eigenvalue weighted by Crippen LogP contribution is -2.21. The lowest BCUT2D eigenvalue weighted by molar-refractivity contribution is 0.568. The molecule has 1 heterocycles. The molecule has 0 aliphatic heterocycles. The van der Waals surface area contributed by atoms with Gasteiger partial charge in [-0.1, -0.05) is 13.0 Å². The SMILES string of the molecule is CCC(Nc1cc(-c2nnco2)ccc1C)C1CC1. The first-order chi connectivity index (χ1) is 9.28. The minimum atomic E-state index is 0.572. The summed E-state index contributed by atoms with van der Waals surface area (Å²) in [6.45, 7) is 4.37. The molecular formula is C15H19N3O. The third-order valence-electron chi connectivity index (χ3n) is 3.82. The van der Waals surface area contributed by atoms with Crippen LogP contribution in [0.25, 0.3) is 11.5 Å². The van der Waals surface area contributed by atoms with E-state index in [-0.39, 0.29) is 0 Å². The molecule has 3 rings (SSSR count). The first-order valence-electron chi connectivity index (χ1n) is 6.91. The lowest BCUT2D eigenvalue weighted by Gasteiger charge is -2.19. The molecule has 1 aliphatic rings. The van der Waals surface area contributed by atoms with Crippen molar-refractivity contribution in [3.05, 3.63) is 30.2 Å². The van der Waals surface area contributed by atoms with E-state index in [4.69, 9.17) is 4.42 Å². The minimum Gasteiger partial charge on any atom is -0.423 e. The van der Waals surface area contributed by atoms with Gasteiger partial charge in [0.05, 0.1) is 0 Å². The van der Waals surface area contributed by atoms with Crippen LogP contribution in [0.2, 0.25) is 0 Å². The normalized spacial score (nSPS) is 16.3. The maximum absolute atomic E-state index is 5.26. The van der Waals surface area contributed by atoms with Crippen LogP contribution >= 0.6 is 0 Å². The van der Waals surface area contributed by atoms with Gasteiger partial charge in [-0.3, -0.25) is 0 Å². The van der Waals surface area contributed by atoms with Crippen molar-refractivity contribution in [1.29, 1.82) is 0 Å². The molecule has 1 aromatic carbocycles. The van der Waals surface area contributed by atoms with E-state index >= 15 is 0 Å². The monoisotopic (exact) mass is 257 g/mol. The molecular weight excluding hydrogens is 238 g/mol. The van der Waals surface area contributed by atoms with Gasteiger partial charge in [0.25, 0.3) is 0 Å². The highest BCUT2D eigenvalue weighted by Gasteiger charge is 2.30. The van der Waals surface area contributed by atoms with Crippen LogP contribution in [0.5, 0.6) is 0 Å². The summed E-state index contributed by atoms with van der Waals surface area (Å²) in [4.78, 5) is 0. The topological polar surface area (TPSA) is 51.0 Å². The van der Waals surface area contributed by atoms with Crippen LogP contribution in [0, 0.1) is 12.8 Å². The molecule has 100 valence electrons. The summed E-state index contributed by atoms with van der Waals surface area (Å²) in [6.07, 6.45) is 5.23. The van der Waals surface area contributed by atoms with Crippen LogP contribution < -0.4 is 5.32 Å². The largest absolute Gasteiger partial charge is 0.423 e. The Balaban J connectivity index is 1.85. The molecule has 1 fully saturated rings. The van der Waals surface area contributed by atoms with Gasteiger partial charge in [-0.25, -0.2) is 0 Å². The highest BCUT2D eigenvalue weighted by Crippen LogP contribution is 2.36. The van der Waals surface area contributed by atoms with E-state index in [1.807, 2.05) is 6.07 Å². The zero-order valence-corrected chi connectivity index (χ0v) is 11.4. The predicted octanol–water partition coefficient (Wildman–Crippen LogP) is 3.65. The summed E-state index contributed by atoms with van der Waals surface area (Å²) in [5, 5.41) is 11.4. The predicted molar refractivity (Wildman–Crippen MR) is 74.9 cm³/mol. The number of hydrogen-bond acceptors (Lipinski definition) is 4. The average molecular weight is 257 g/mol. The number of rotatable bonds is 5. The van der Waals surface area contributed by atoms with Crippen molar-refractivity contribution in [3.63, 3.8) is 0 Å². The smallest absolute Gasteiger partial charge is 0.247 e. The maximum Gasteiger partial charge on any atom is 0.247 e. The third kappa shape index (κ3) is 2.62. The lowest BCUT2D eigenvalue weighted by atomic mass is 10.1. The molecule has 0 radical (unpaired) electrons. The average Bonchev–Trinajstić information content (AvgIpc) is 3.12. The quantitative estimate of drug-likeness (QED) is 0.888. The van der Waals surface area contributed by atoms with Crippen molar-refractivity contribution >= 4 is 5.69 Å². The molecule has 0 bridgehead atoms. The van der Waals surface area contributed by atoms with Crippen molar-refractivity contribution in [2.75, 3.05) is 5.32 Å². The summed E-state index contributed by atoms with van der Waals surface area (Å²) in [6, 6.07) is 6.80. The van der Waals surface area contributed by atoms with Gasteiger partial charge in [-0.05, 0) is 49.8 Å².